The molecule has 12 heteroatoms. The third-order valence-corrected chi connectivity index (χ3v) is 7.68. The first-order valence-corrected chi connectivity index (χ1v) is 13.2. The molecule has 1 saturated heterocycles. The van der Waals surface area contributed by atoms with Crippen LogP contribution >= 0.6 is 11.3 Å². The Labute approximate surface area is 204 Å². The summed E-state index contributed by atoms with van der Waals surface area (Å²) in [4.78, 5) is 32.0. The Morgan fingerprint density at radius 1 is 1.21 bits per heavy atom. The lowest BCUT2D eigenvalue weighted by molar-refractivity contribution is -0.118. The van der Waals surface area contributed by atoms with Gasteiger partial charge in [-0.05, 0) is 46.8 Å². The second kappa shape index (κ2) is 10.3. The highest BCUT2D eigenvalue weighted by Gasteiger charge is 2.27. The van der Waals surface area contributed by atoms with Crippen molar-refractivity contribution >= 4 is 44.7 Å². The molecule has 0 radical (unpaired) electrons. The molecule has 0 saturated carbocycles. The quantitative estimate of drug-likeness (QED) is 0.550. The lowest BCUT2D eigenvalue weighted by atomic mass is 10.1. The van der Waals surface area contributed by atoms with Gasteiger partial charge < -0.3 is 14.5 Å². The maximum atomic E-state index is 13.3. The third kappa shape index (κ3) is 6.67. The molecule has 1 aliphatic heterocycles. The van der Waals surface area contributed by atoms with E-state index in [0.29, 0.717) is 42.3 Å². The highest BCUT2D eigenvalue weighted by molar-refractivity contribution is 7.89. The van der Waals surface area contributed by atoms with E-state index in [1.165, 1.54) is 17.4 Å². The van der Waals surface area contributed by atoms with Crippen molar-refractivity contribution in [1.82, 2.24) is 14.6 Å². The zero-order chi connectivity index (χ0) is 25.1. The molecule has 0 unspecified atom stereocenters. The summed E-state index contributed by atoms with van der Waals surface area (Å²) in [6.45, 7) is 11.3. The van der Waals surface area contributed by atoms with E-state index in [2.05, 4.69) is 19.9 Å². The predicted molar refractivity (Wildman–Crippen MR) is 133 cm³/mol. The summed E-state index contributed by atoms with van der Waals surface area (Å²) in [6, 6.07) is 4.71. The van der Waals surface area contributed by atoms with Crippen LogP contribution in [0.5, 0.6) is 0 Å². The molecule has 1 aromatic heterocycles. The van der Waals surface area contributed by atoms with Gasteiger partial charge in [-0.2, -0.15) is 0 Å². The van der Waals surface area contributed by atoms with Gasteiger partial charge in [-0.3, -0.25) is 10.1 Å². The number of hydrogen-bond acceptors (Lipinski definition) is 8. The Morgan fingerprint density at radius 3 is 2.47 bits per heavy atom. The SMILES string of the molecule is CC(C)OC(=O)Nc1ccc(-c2cnc(N3CCN(C=O)CC3)s2)c(S(=O)(=O)NC(C)(C)C)c1. The normalized spacial score (nSPS) is 14.9. The Hall–Kier alpha value is -2.70. The molecule has 1 aromatic carbocycles. The molecule has 0 spiro atoms. The number of amides is 2. The van der Waals surface area contributed by atoms with Gasteiger partial charge in [0.1, 0.15) is 0 Å². The van der Waals surface area contributed by atoms with Gasteiger partial charge >= 0.3 is 6.09 Å². The maximum absolute atomic E-state index is 13.3. The predicted octanol–water partition coefficient (Wildman–Crippen LogP) is 3.12. The van der Waals surface area contributed by atoms with Crippen LogP contribution in [-0.2, 0) is 19.6 Å². The Bertz CT molecular complexity index is 1130. The van der Waals surface area contributed by atoms with Gasteiger partial charge in [0.25, 0.3) is 0 Å². The molecule has 2 N–H and O–H groups in total. The van der Waals surface area contributed by atoms with Crippen molar-refractivity contribution in [2.45, 2.75) is 51.2 Å². The summed E-state index contributed by atoms with van der Waals surface area (Å²) in [5.74, 6) is 0. The van der Waals surface area contributed by atoms with Crippen molar-refractivity contribution in [2.24, 2.45) is 0 Å². The van der Waals surface area contributed by atoms with E-state index >= 15 is 0 Å². The maximum Gasteiger partial charge on any atom is 0.411 e. The van der Waals surface area contributed by atoms with Crippen LogP contribution in [0.4, 0.5) is 15.6 Å². The molecule has 1 aliphatic rings. The molecule has 2 aromatic rings. The van der Waals surface area contributed by atoms with E-state index in [0.717, 1.165) is 11.5 Å². The van der Waals surface area contributed by atoms with Gasteiger partial charge in [-0.1, -0.05) is 17.4 Å². The van der Waals surface area contributed by atoms with Crippen molar-refractivity contribution in [1.29, 1.82) is 0 Å². The highest BCUT2D eigenvalue weighted by Crippen LogP contribution is 2.37. The molecule has 2 amide bonds. The molecule has 10 nitrogen and oxygen atoms in total. The number of anilines is 2. The van der Waals surface area contributed by atoms with Crippen molar-refractivity contribution in [3.63, 3.8) is 0 Å². The molecule has 1 fully saturated rings. The van der Waals surface area contributed by atoms with E-state index in [1.807, 2.05) is 0 Å². The molecule has 186 valence electrons. The summed E-state index contributed by atoms with van der Waals surface area (Å²) in [6.07, 6.45) is 1.52. The molecule has 0 aliphatic carbocycles. The third-order valence-electron chi connectivity index (χ3n) is 4.79. The first kappa shape index (κ1) is 25.9. The number of rotatable bonds is 7. The zero-order valence-electron chi connectivity index (χ0n) is 20.0. The summed E-state index contributed by atoms with van der Waals surface area (Å²) in [7, 11) is -3.93. The number of sulfonamides is 1. The van der Waals surface area contributed by atoms with Crippen LogP contribution in [-0.4, -0.2) is 68.6 Å². The van der Waals surface area contributed by atoms with E-state index < -0.39 is 21.7 Å². The minimum atomic E-state index is -3.93. The number of aromatic nitrogens is 1. The fourth-order valence-electron chi connectivity index (χ4n) is 3.40. The van der Waals surface area contributed by atoms with E-state index in [1.54, 1.807) is 57.8 Å². The average molecular weight is 510 g/mol. The van der Waals surface area contributed by atoms with Crippen molar-refractivity contribution in [3.05, 3.63) is 24.4 Å². The second-order valence-electron chi connectivity index (χ2n) is 9.28. The lowest BCUT2D eigenvalue weighted by Gasteiger charge is -2.32. The van der Waals surface area contributed by atoms with Gasteiger partial charge in [0.15, 0.2) is 5.13 Å². The Balaban J connectivity index is 1.96. The number of thiazole rings is 1. The minimum absolute atomic E-state index is 0.0331. The van der Waals surface area contributed by atoms with Crippen molar-refractivity contribution in [3.8, 4) is 10.4 Å². The fraction of sp³-hybridized carbons (Fsp3) is 0.500. The van der Waals surface area contributed by atoms with Gasteiger partial charge in [-0.25, -0.2) is 22.9 Å². The first-order chi connectivity index (χ1) is 15.9. The van der Waals surface area contributed by atoms with Crippen LogP contribution in [0.15, 0.2) is 29.3 Å². The summed E-state index contributed by atoms with van der Waals surface area (Å²) in [5.41, 5.74) is 0.0842. The number of carbonyl (C=O) groups excluding carboxylic acids is 2. The fourth-order valence-corrected chi connectivity index (χ4v) is 6.14. The number of nitrogens with zero attached hydrogens (tertiary/aromatic N) is 3. The minimum Gasteiger partial charge on any atom is -0.447 e. The Morgan fingerprint density at radius 2 is 1.88 bits per heavy atom. The number of carbonyl (C=O) groups is 2. The Kier molecular flexibility index (Phi) is 7.84. The number of nitrogens with one attached hydrogen (secondary N) is 2. The molecule has 34 heavy (non-hydrogen) atoms. The number of ether oxygens (including phenoxy) is 1. The van der Waals surface area contributed by atoms with Gasteiger partial charge in [0.2, 0.25) is 16.4 Å². The van der Waals surface area contributed by atoms with Gasteiger partial charge in [-0.15, -0.1) is 0 Å². The van der Waals surface area contributed by atoms with Crippen molar-refractivity contribution in [2.75, 3.05) is 36.4 Å². The zero-order valence-corrected chi connectivity index (χ0v) is 21.6. The van der Waals surface area contributed by atoms with Crippen LogP contribution in [0.25, 0.3) is 10.4 Å². The summed E-state index contributed by atoms with van der Waals surface area (Å²) < 4.78 is 34.4. The van der Waals surface area contributed by atoms with Gasteiger partial charge in [0, 0.05) is 49.2 Å². The number of hydrogen-bond donors (Lipinski definition) is 2. The van der Waals surface area contributed by atoms with Crippen LogP contribution in [0.2, 0.25) is 0 Å². The van der Waals surface area contributed by atoms with Crippen LogP contribution in [0, 0.1) is 0 Å². The second-order valence-corrected chi connectivity index (χ2v) is 11.9. The van der Waals surface area contributed by atoms with E-state index in [-0.39, 0.29) is 11.0 Å². The van der Waals surface area contributed by atoms with Crippen molar-refractivity contribution < 1.29 is 22.7 Å². The summed E-state index contributed by atoms with van der Waals surface area (Å²) in [5, 5.41) is 3.35. The molecule has 0 bridgehead atoms. The molecular formula is C22H31N5O5S2. The molecular weight excluding hydrogens is 478 g/mol. The topological polar surface area (TPSA) is 121 Å². The van der Waals surface area contributed by atoms with Crippen LogP contribution in [0.1, 0.15) is 34.6 Å². The first-order valence-electron chi connectivity index (χ1n) is 10.9. The monoisotopic (exact) mass is 509 g/mol. The van der Waals surface area contributed by atoms with Crippen LogP contribution < -0.4 is 14.9 Å². The van der Waals surface area contributed by atoms with E-state index in [4.69, 9.17) is 4.74 Å². The average Bonchev–Trinajstić information content (AvgIpc) is 3.21. The lowest BCUT2D eigenvalue weighted by Crippen LogP contribution is -2.45. The molecule has 0 atom stereocenters. The van der Waals surface area contributed by atoms with Gasteiger partial charge in [0.05, 0.1) is 15.9 Å². The van der Waals surface area contributed by atoms with E-state index in [9.17, 15) is 18.0 Å². The largest absolute Gasteiger partial charge is 0.447 e. The summed E-state index contributed by atoms with van der Waals surface area (Å²) >= 11 is 1.38. The smallest absolute Gasteiger partial charge is 0.411 e. The highest BCUT2D eigenvalue weighted by atomic mass is 32.2. The molecule has 3 rings (SSSR count). The van der Waals surface area contributed by atoms with Crippen LogP contribution in [0.3, 0.4) is 0 Å². The molecule has 2 heterocycles. The number of piperazine rings is 1. The number of benzene rings is 1. The standard InChI is InChI=1S/C22H31N5O5S2/c1-15(2)32-21(29)24-16-6-7-17(19(12-16)34(30,31)25-22(3,4)5)18-13-23-20(33-18)27-10-8-26(14-28)9-11-27/h6-7,12-15,25H,8-11H2,1-5H3,(H,24,29).